The molecule has 1 heterocycles. The predicted octanol–water partition coefficient (Wildman–Crippen LogP) is 2.10. The Kier molecular flexibility index (Phi) is 5.37. The van der Waals surface area contributed by atoms with Crippen molar-refractivity contribution in [2.75, 3.05) is 19.8 Å². The van der Waals surface area contributed by atoms with E-state index in [4.69, 9.17) is 9.47 Å². The second-order valence-electron chi connectivity index (χ2n) is 4.35. The van der Waals surface area contributed by atoms with Crippen LogP contribution in [-0.2, 0) is 9.53 Å². The van der Waals surface area contributed by atoms with E-state index in [1.54, 1.807) is 13.0 Å². The SMILES string of the molecule is CCOC(=O)C1=C(COc2ccc(Br)cc2F)NC(=O)NC1. The summed E-state index contributed by atoms with van der Waals surface area (Å²) in [6.07, 6.45) is 0. The highest BCUT2D eigenvalue weighted by molar-refractivity contribution is 9.10. The van der Waals surface area contributed by atoms with Gasteiger partial charge in [0.15, 0.2) is 11.6 Å². The van der Waals surface area contributed by atoms with E-state index >= 15 is 0 Å². The third-order valence-electron chi connectivity index (χ3n) is 2.84. The summed E-state index contributed by atoms with van der Waals surface area (Å²) in [5.74, 6) is -1.08. The Morgan fingerprint density at radius 2 is 2.23 bits per heavy atom. The topological polar surface area (TPSA) is 76.7 Å². The van der Waals surface area contributed by atoms with Crippen LogP contribution in [0.2, 0.25) is 0 Å². The molecule has 6 nitrogen and oxygen atoms in total. The number of halogens is 2. The second kappa shape index (κ2) is 7.26. The molecule has 22 heavy (non-hydrogen) atoms. The van der Waals surface area contributed by atoms with Crippen molar-refractivity contribution in [1.29, 1.82) is 0 Å². The summed E-state index contributed by atoms with van der Waals surface area (Å²) in [6, 6.07) is 3.88. The van der Waals surface area contributed by atoms with Gasteiger partial charge in [-0.3, -0.25) is 0 Å². The Labute approximate surface area is 134 Å². The van der Waals surface area contributed by atoms with Crippen LogP contribution in [0.4, 0.5) is 9.18 Å². The number of urea groups is 1. The molecule has 0 saturated carbocycles. The summed E-state index contributed by atoms with van der Waals surface area (Å²) >= 11 is 3.15. The fourth-order valence-corrected chi connectivity index (χ4v) is 2.14. The highest BCUT2D eigenvalue weighted by Crippen LogP contribution is 2.22. The number of carbonyl (C=O) groups excluding carboxylic acids is 2. The first-order chi connectivity index (χ1) is 10.5. The van der Waals surface area contributed by atoms with Crippen molar-refractivity contribution in [2.24, 2.45) is 0 Å². The van der Waals surface area contributed by atoms with Gasteiger partial charge in [-0.25, -0.2) is 14.0 Å². The number of nitrogens with one attached hydrogen (secondary N) is 2. The van der Waals surface area contributed by atoms with Gasteiger partial charge >= 0.3 is 12.0 Å². The molecule has 1 aromatic rings. The quantitative estimate of drug-likeness (QED) is 0.776. The highest BCUT2D eigenvalue weighted by Gasteiger charge is 2.24. The average molecular weight is 373 g/mol. The smallest absolute Gasteiger partial charge is 0.337 e. The minimum atomic E-state index is -0.551. The van der Waals surface area contributed by atoms with Crippen LogP contribution in [0, 0.1) is 5.82 Å². The number of esters is 1. The van der Waals surface area contributed by atoms with Crippen LogP contribution in [-0.4, -0.2) is 31.8 Å². The summed E-state index contributed by atoms with van der Waals surface area (Å²) in [5, 5.41) is 4.95. The molecule has 0 unspecified atom stereocenters. The molecule has 1 aliphatic rings. The van der Waals surface area contributed by atoms with E-state index in [1.165, 1.54) is 12.1 Å². The Balaban J connectivity index is 2.15. The molecule has 0 aliphatic carbocycles. The van der Waals surface area contributed by atoms with E-state index in [2.05, 4.69) is 26.6 Å². The number of amides is 2. The summed E-state index contributed by atoms with van der Waals surface area (Å²) in [7, 11) is 0. The summed E-state index contributed by atoms with van der Waals surface area (Å²) in [5.41, 5.74) is 0.503. The van der Waals surface area contributed by atoms with Crippen LogP contribution in [0.5, 0.6) is 5.75 Å². The van der Waals surface area contributed by atoms with E-state index < -0.39 is 17.8 Å². The van der Waals surface area contributed by atoms with Crippen molar-refractivity contribution in [3.8, 4) is 5.75 Å². The van der Waals surface area contributed by atoms with Gasteiger partial charge in [-0.1, -0.05) is 15.9 Å². The summed E-state index contributed by atoms with van der Waals surface area (Å²) < 4.78 is 24.5. The maximum absolute atomic E-state index is 13.7. The number of rotatable bonds is 5. The second-order valence-corrected chi connectivity index (χ2v) is 5.26. The zero-order valence-corrected chi connectivity index (χ0v) is 13.3. The Morgan fingerprint density at radius 3 is 2.91 bits per heavy atom. The van der Waals surface area contributed by atoms with Crippen LogP contribution < -0.4 is 15.4 Å². The van der Waals surface area contributed by atoms with Gasteiger partial charge in [-0.2, -0.15) is 0 Å². The average Bonchev–Trinajstić information content (AvgIpc) is 2.46. The van der Waals surface area contributed by atoms with E-state index in [0.29, 0.717) is 4.47 Å². The molecule has 8 heteroatoms. The maximum Gasteiger partial charge on any atom is 0.337 e. The minimum Gasteiger partial charge on any atom is -0.484 e. The van der Waals surface area contributed by atoms with Gasteiger partial charge < -0.3 is 20.1 Å². The molecule has 2 N–H and O–H groups in total. The zero-order valence-electron chi connectivity index (χ0n) is 11.7. The van der Waals surface area contributed by atoms with Crippen molar-refractivity contribution in [3.05, 3.63) is 39.8 Å². The summed E-state index contributed by atoms with van der Waals surface area (Å²) in [4.78, 5) is 23.2. The molecule has 118 valence electrons. The molecule has 0 aromatic heterocycles. The van der Waals surface area contributed by atoms with Gasteiger partial charge in [0.1, 0.15) is 6.61 Å². The lowest BCUT2D eigenvalue weighted by Crippen LogP contribution is -2.45. The van der Waals surface area contributed by atoms with Gasteiger partial charge in [0.2, 0.25) is 0 Å². The van der Waals surface area contributed by atoms with Gasteiger partial charge in [0, 0.05) is 4.47 Å². The first-order valence-electron chi connectivity index (χ1n) is 6.53. The molecule has 0 saturated heterocycles. The highest BCUT2D eigenvalue weighted by atomic mass is 79.9. The Morgan fingerprint density at radius 1 is 1.45 bits per heavy atom. The monoisotopic (exact) mass is 372 g/mol. The van der Waals surface area contributed by atoms with E-state index in [-0.39, 0.29) is 36.8 Å². The Bertz CT molecular complexity index is 633. The van der Waals surface area contributed by atoms with Crippen LogP contribution in [0.1, 0.15) is 6.92 Å². The molecule has 0 spiro atoms. The molecular weight excluding hydrogens is 359 g/mol. The van der Waals surface area contributed by atoms with Crippen LogP contribution in [0.3, 0.4) is 0 Å². The van der Waals surface area contributed by atoms with Crippen molar-refractivity contribution in [3.63, 3.8) is 0 Å². The number of benzene rings is 1. The van der Waals surface area contributed by atoms with Gasteiger partial charge in [-0.05, 0) is 25.1 Å². The first kappa shape index (κ1) is 16.3. The van der Waals surface area contributed by atoms with Gasteiger partial charge in [0.05, 0.1) is 24.4 Å². The number of carbonyl (C=O) groups is 2. The maximum atomic E-state index is 13.7. The number of hydrogen-bond donors (Lipinski definition) is 2. The Hall–Kier alpha value is -2.09. The number of hydrogen-bond acceptors (Lipinski definition) is 4. The minimum absolute atomic E-state index is 0.0201. The zero-order chi connectivity index (χ0) is 16.1. The van der Waals surface area contributed by atoms with Crippen molar-refractivity contribution < 1.29 is 23.5 Å². The predicted molar refractivity (Wildman–Crippen MR) is 79.8 cm³/mol. The van der Waals surface area contributed by atoms with Crippen LogP contribution in [0.15, 0.2) is 33.9 Å². The molecule has 0 fully saturated rings. The molecule has 2 rings (SSSR count). The van der Waals surface area contributed by atoms with E-state index in [1.807, 2.05) is 0 Å². The number of ether oxygens (including phenoxy) is 2. The van der Waals surface area contributed by atoms with Crippen molar-refractivity contribution in [1.82, 2.24) is 10.6 Å². The molecule has 0 radical (unpaired) electrons. The van der Waals surface area contributed by atoms with E-state index in [9.17, 15) is 14.0 Å². The van der Waals surface area contributed by atoms with Crippen LogP contribution >= 0.6 is 15.9 Å². The van der Waals surface area contributed by atoms with Crippen LogP contribution in [0.25, 0.3) is 0 Å². The summed E-state index contributed by atoms with van der Waals surface area (Å²) in [6.45, 7) is 1.78. The molecule has 0 bridgehead atoms. The third kappa shape index (κ3) is 3.97. The fourth-order valence-electron chi connectivity index (χ4n) is 1.81. The van der Waals surface area contributed by atoms with E-state index in [0.717, 1.165) is 0 Å². The molecule has 0 atom stereocenters. The molecular formula is C14H14BrFN2O4. The fraction of sp³-hybridized carbons (Fsp3) is 0.286. The van der Waals surface area contributed by atoms with Gasteiger partial charge in [0.25, 0.3) is 0 Å². The first-order valence-corrected chi connectivity index (χ1v) is 7.32. The lowest BCUT2D eigenvalue weighted by Gasteiger charge is -2.21. The molecule has 1 aliphatic heterocycles. The third-order valence-corrected chi connectivity index (χ3v) is 3.34. The molecule has 1 aromatic carbocycles. The van der Waals surface area contributed by atoms with Gasteiger partial charge in [-0.15, -0.1) is 0 Å². The standard InChI is InChI=1S/C14H14BrFN2O4/c1-2-21-13(19)9-6-17-14(20)18-11(9)7-22-12-4-3-8(15)5-10(12)16/h3-5H,2,6-7H2,1H3,(H2,17,18,20). The van der Waals surface area contributed by atoms with Crippen molar-refractivity contribution in [2.45, 2.75) is 6.92 Å². The molecule has 2 amide bonds. The largest absolute Gasteiger partial charge is 0.484 e. The van der Waals surface area contributed by atoms with Crippen molar-refractivity contribution >= 4 is 27.9 Å². The lowest BCUT2D eigenvalue weighted by atomic mass is 10.1. The normalized spacial score (nSPS) is 14.2. The lowest BCUT2D eigenvalue weighted by molar-refractivity contribution is -0.138.